The quantitative estimate of drug-likeness (QED) is 0.367. The average molecular weight is 504 g/mol. The minimum atomic E-state index is -0.872. The van der Waals surface area contributed by atoms with Crippen molar-refractivity contribution < 1.29 is 29.0 Å². The molecule has 0 radical (unpaired) electrons. The van der Waals surface area contributed by atoms with E-state index < -0.39 is 40.6 Å². The van der Waals surface area contributed by atoms with Crippen molar-refractivity contribution in [1.29, 1.82) is 0 Å². The highest BCUT2D eigenvalue weighted by molar-refractivity contribution is 5.98. The Morgan fingerprint density at radius 3 is 2.47 bits per heavy atom. The Hall–Kier alpha value is -3.83. The van der Waals surface area contributed by atoms with E-state index in [0.717, 1.165) is 23.4 Å². The maximum absolute atomic E-state index is 13.4. The average Bonchev–Trinajstić information content (AvgIpc) is 3.48. The van der Waals surface area contributed by atoms with Crippen LogP contribution in [0.1, 0.15) is 70.3 Å². The SMILES string of the molecule is CCOC(=O)/C=C/c1c(NC(=O)OC(C)(C)C)nn2c(=O)c(C(=O)NC3CC3)c(O)n(CC(C)C)c12. The fourth-order valence-corrected chi connectivity index (χ4v) is 3.47. The normalized spacial score (nSPS) is 13.9. The number of esters is 1. The first-order chi connectivity index (χ1) is 16.8. The molecule has 12 nitrogen and oxygen atoms in total. The minimum absolute atomic E-state index is 0.0133. The van der Waals surface area contributed by atoms with Crippen molar-refractivity contribution >= 4 is 35.5 Å². The minimum Gasteiger partial charge on any atom is -0.494 e. The van der Waals surface area contributed by atoms with Crippen LogP contribution in [0.15, 0.2) is 10.9 Å². The van der Waals surface area contributed by atoms with Crippen LogP contribution in [0.4, 0.5) is 10.6 Å². The summed E-state index contributed by atoms with van der Waals surface area (Å²) in [6, 6.07) is -0.0457. The van der Waals surface area contributed by atoms with Gasteiger partial charge in [0.2, 0.25) is 5.88 Å². The molecule has 0 spiro atoms. The second kappa shape index (κ2) is 10.4. The maximum atomic E-state index is 13.4. The Morgan fingerprint density at radius 1 is 1.25 bits per heavy atom. The number of nitrogens with one attached hydrogen (secondary N) is 2. The number of carbonyl (C=O) groups excluding carboxylic acids is 3. The van der Waals surface area contributed by atoms with Gasteiger partial charge in [-0.1, -0.05) is 13.8 Å². The molecule has 36 heavy (non-hydrogen) atoms. The second-order valence-electron chi connectivity index (χ2n) is 9.97. The number of hydrogen-bond acceptors (Lipinski definition) is 8. The van der Waals surface area contributed by atoms with Crippen molar-refractivity contribution in [3.8, 4) is 5.88 Å². The molecule has 3 N–H and O–H groups in total. The highest BCUT2D eigenvalue weighted by Gasteiger charge is 2.31. The van der Waals surface area contributed by atoms with Crippen LogP contribution in [-0.2, 0) is 20.8 Å². The van der Waals surface area contributed by atoms with Gasteiger partial charge >= 0.3 is 12.1 Å². The number of anilines is 1. The first kappa shape index (κ1) is 26.8. The summed E-state index contributed by atoms with van der Waals surface area (Å²) in [6.07, 6.45) is 3.20. The number of ether oxygens (including phenoxy) is 2. The zero-order valence-electron chi connectivity index (χ0n) is 21.4. The molecular formula is C24H33N5O7. The largest absolute Gasteiger partial charge is 0.494 e. The van der Waals surface area contributed by atoms with E-state index in [2.05, 4.69) is 15.7 Å². The molecule has 0 atom stereocenters. The van der Waals surface area contributed by atoms with Crippen molar-refractivity contribution in [2.75, 3.05) is 11.9 Å². The number of aromatic hydroxyl groups is 1. The van der Waals surface area contributed by atoms with Crippen molar-refractivity contribution in [1.82, 2.24) is 19.5 Å². The monoisotopic (exact) mass is 503 g/mol. The van der Waals surface area contributed by atoms with Gasteiger partial charge in [0.1, 0.15) is 5.60 Å². The Bertz CT molecular complexity index is 1260. The van der Waals surface area contributed by atoms with E-state index in [-0.39, 0.29) is 42.1 Å². The lowest BCUT2D eigenvalue weighted by Gasteiger charge is -2.19. The van der Waals surface area contributed by atoms with Gasteiger partial charge in [0.05, 0.1) is 12.2 Å². The first-order valence-electron chi connectivity index (χ1n) is 11.9. The van der Waals surface area contributed by atoms with E-state index in [0.29, 0.717) is 0 Å². The van der Waals surface area contributed by atoms with E-state index in [1.54, 1.807) is 27.7 Å². The molecule has 2 aromatic heterocycles. The van der Waals surface area contributed by atoms with Crippen LogP contribution in [0, 0.1) is 5.92 Å². The number of rotatable bonds is 8. The second-order valence-corrected chi connectivity index (χ2v) is 9.97. The maximum Gasteiger partial charge on any atom is 0.413 e. The molecule has 0 bridgehead atoms. The summed E-state index contributed by atoms with van der Waals surface area (Å²) in [6.45, 7) is 10.9. The molecule has 1 saturated carbocycles. The lowest BCUT2D eigenvalue weighted by atomic mass is 10.2. The van der Waals surface area contributed by atoms with Crippen LogP contribution in [0.2, 0.25) is 0 Å². The van der Waals surface area contributed by atoms with Crippen LogP contribution in [0.25, 0.3) is 11.7 Å². The molecule has 0 aromatic carbocycles. The van der Waals surface area contributed by atoms with Gasteiger partial charge < -0.3 is 19.9 Å². The topological polar surface area (TPSA) is 153 Å². The van der Waals surface area contributed by atoms with Crippen molar-refractivity contribution in [3.63, 3.8) is 0 Å². The predicted octanol–water partition coefficient (Wildman–Crippen LogP) is 2.67. The summed E-state index contributed by atoms with van der Waals surface area (Å²) < 4.78 is 12.5. The fourth-order valence-electron chi connectivity index (χ4n) is 3.47. The van der Waals surface area contributed by atoms with Crippen molar-refractivity contribution in [3.05, 3.63) is 27.6 Å². The molecule has 2 amide bonds. The summed E-state index contributed by atoms with van der Waals surface area (Å²) in [4.78, 5) is 50.7. The van der Waals surface area contributed by atoms with Gasteiger partial charge in [-0.15, -0.1) is 5.10 Å². The van der Waals surface area contributed by atoms with Crippen molar-refractivity contribution in [2.24, 2.45) is 5.92 Å². The third-order valence-electron chi connectivity index (χ3n) is 5.02. The smallest absolute Gasteiger partial charge is 0.413 e. The lowest BCUT2D eigenvalue weighted by Crippen LogP contribution is -2.34. The van der Waals surface area contributed by atoms with E-state index in [1.807, 2.05) is 13.8 Å². The van der Waals surface area contributed by atoms with Gasteiger partial charge in [-0.05, 0) is 52.5 Å². The third-order valence-corrected chi connectivity index (χ3v) is 5.02. The lowest BCUT2D eigenvalue weighted by molar-refractivity contribution is -0.137. The van der Waals surface area contributed by atoms with Gasteiger partial charge in [0, 0.05) is 18.7 Å². The molecule has 3 rings (SSSR count). The highest BCUT2D eigenvalue weighted by atomic mass is 16.6. The van der Waals surface area contributed by atoms with Crippen LogP contribution in [0.5, 0.6) is 5.88 Å². The molecule has 196 valence electrons. The van der Waals surface area contributed by atoms with E-state index in [1.165, 1.54) is 10.6 Å². The van der Waals surface area contributed by atoms with Gasteiger partial charge in [0.15, 0.2) is 17.0 Å². The van der Waals surface area contributed by atoms with Gasteiger partial charge in [0.25, 0.3) is 11.5 Å². The molecule has 1 aliphatic carbocycles. The predicted molar refractivity (Wildman–Crippen MR) is 132 cm³/mol. The van der Waals surface area contributed by atoms with Crippen LogP contribution in [-0.4, -0.2) is 55.5 Å². The molecule has 0 saturated heterocycles. The molecule has 0 aliphatic heterocycles. The summed E-state index contributed by atoms with van der Waals surface area (Å²) in [7, 11) is 0. The van der Waals surface area contributed by atoms with E-state index in [9.17, 15) is 24.3 Å². The number of fused-ring (bicyclic) bond motifs is 1. The Balaban J connectivity index is 2.26. The number of aromatic nitrogens is 3. The van der Waals surface area contributed by atoms with Crippen molar-refractivity contribution in [2.45, 2.75) is 72.6 Å². The molecule has 12 heteroatoms. The number of hydrogen-bond donors (Lipinski definition) is 3. The van der Waals surface area contributed by atoms with E-state index >= 15 is 0 Å². The summed E-state index contributed by atoms with van der Waals surface area (Å²) in [5, 5.41) is 20.5. The summed E-state index contributed by atoms with van der Waals surface area (Å²) >= 11 is 0. The van der Waals surface area contributed by atoms with Gasteiger partial charge in [-0.25, -0.2) is 9.59 Å². The molecule has 0 unspecified atom stereocenters. The summed E-state index contributed by atoms with van der Waals surface area (Å²) in [5.41, 5.74) is -1.90. The highest BCUT2D eigenvalue weighted by Crippen LogP contribution is 2.28. The summed E-state index contributed by atoms with van der Waals surface area (Å²) in [5.74, 6) is -2.00. The standard InChI is InChI=1S/C24H33N5O7/c1-7-35-16(30)11-10-15-18(26-23(34)36-24(4,5)6)27-29-20(15)28(12-13(2)3)21(32)17(22(29)33)19(31)25-14-8-9-14/h10-11,13-14,32H,7-9,12H2,1-6H3,(H,25,31)(H,26,27,34)/b11-10+. The molecule has 1 aliphatic rings. The number of carbonyl (C=O) groups is 3. The number of amides is 2. The first-order valence-corrected chi connectivity index (χ1v) is 11.9. The van der Waals surface area contributed by atoms with Crippen LogP contribution < -0.4 is 16.2 Å². The molecule has 1 fully saturated rings. The zero-order chi connectivity index (χ0) is 26.8. The molecule has 2 aromatic rings. The Kier molecular flexibility index (Phi) is 7.75. The van der Waals surface area contributed by atoms with Gasteiger partial charge in [-0.2, -0.15) is 4.52 Å². The Labute approximate surface area is 208 Å². The molecular weight excluding hydrogens is 470 g/mol. The van der Waals surface area contributed by atoms with Gasteiger partial charge in [-0.3, -0.25) is 19.5 Å². The third kappa shape index (κ3) is 6.23. The fraction of sp³-hybridized carbons (Fsp3) is 0.542. The zero-order valence-corrected chi connectivity index (χ0v) is 21.4. The van der Waals surface area contributed by atoms with Crippen LogP contribution in [0.3, 0.4) is 0 Å². The molecule has 2 heterocycles. The Morgan fingerprint density at radius 2 is 1.92 bits per heavy atom. The van der Waals surface area contributed by atoms with E-state index in [4.69, 9.17) is 9.47 Å². The van der Waals surface area contributed by atoms with Crippen LogP contribution >= 0.6 is 0 Å². The number of nitrogens with zero attached hydrogens (tertiary/aromatic N) is 3.